The Labute approximate surface area is 59.1 Å². The molecule has 0 aliphatic carbocycles. The molecule has 0 radical (unpaired) electrons. The summed E-state index contributed by atoms with van der Waals surface area (Å²) in [6.45, 7) is 0. The van der Waals surface area contributed by atoms with Crippen molar-refractivity contribution in [3.05, 3.63) is 34.8 Å². The van der Waals surface area contributed by atoms with E-state index in [1.165, 1.54) is 0 Å². The molecular formula is C7H7NS. The monoisotopic (exact) mass is 137 g/mol. The molecule has 1 aromatic carbocycles. The highest BCUT2D eigenvalue weighted by Crippen LogP contribution is 2.00. The quantitative estimate of drug-likeness (QED) is 0.553. The minimum absolute atomic E-state index is 0.662. The third-order valence-electron chi connectivity index (χ3n) is 1.03. The number of anilines is 1. The Kier molecular flexibility index (Phi) is 1.80. The van der Waals surface area contributed by atoms with Gasteiger partial charge in [0.1, 0.15) is 0 Å². The van der Waals surface area contributed by atoms with Crippen molar-refractivity contribution in [1.82, 2.24) is 0 Å². The van der Waals surface area contributed by atoms with Crippen molar-refractivity contribution in [1.29, 1.82) is 0 Å². The maximum absolute atomic E-state index is 5.50. The highest BCUT2D eigenvalue weighted by atomic mass is 32.1. The Morgan fingerprint density at radius 2 is 1.78 bits per heavy atom. The van der Waals surface area contributed by atoms with Gasteiger partial charge in [-0.3, -0.25) is 0 Å². The molecule has 2 heteroatoms. The lowest BCUT2D eigenvalue weighted by atomic mass is 10.4. The number of rotatable bonds is 0. The number of nitrogen functional groups attached to an aromatic ring is 1. The van der Waals surface area contributed by atoms with E-state index in [-0.39, 0.29) is 0 Å². The first-order chi connectivity index (χ1) is 4.30. The predicted octanol–water partition coefficient (Wildman–Crippen LogP) is 2.00. The third kappa shape index (κ3) is 1.50. The zero-order valence-electron chi connectivity index (χ0n) is 4.87. The van der Waals surface area contributed by atoms with Crippen molar-refractivity contribution in [2.24, 2.45) is 0 Å². The van der Waals surface area contributed by atoms with Crippen LogP contribution in [0.3, 0.4) is 0 Å². The van der Waals surface area contributed by atoms with E-state index < -0.39 is 0 Å². The van der Waals surface area contributed by atoms with Crippen LogP contribution in [-0.4, -0.2) is 0 Å². The summed E-state index contributed by atoms with van der Waals surface area (Å²) in [5, 5.41) is 0. The van der Waals surface area contributed by atoms with E-state index in [9.17, 15) is 0 Å². The maximum Gasteiger partial charge on any atom is 0.0606 e. The van der Waals surface area contributed by atoms with Gasteiger partial charge in [-0.25, -0.2) is 0 Å². The lowest BCUT2D eigenvalue weighted by molar-refractivity contribution is 1.76. The van der Waals surface area contributed by atoms with Crippen molar-refractivity contribution in [2.45, 2.75) is 0 Å². The molecule has 9 heavy (non-hydrogen) atoms. The fourth-order valence-corrected chi connectivity index (χ4v) is 0.691. The molecule has 0 amide bonds. The average molecular weight is 137 g/mol. The van der Waals surface area contributed by atoms with Gasteiger partial charge in [0, 0.05) is 5.69 Å². The van der Waals surface area contributed by atoms with Gasteiger partial charge in [-0.1, -0.05) is 30.4 Å². The van der Waals surface area contributed by atoms with Crippen LogP contribution in [0, 0.1) is 4.51 Å². The van der Waals surface area contributed by atoms with Gasteiger partial charge in [-0.05, 0) is 12.1 Å². The van der Waals surface area contributed by atoms with Gasteiger partial charge >= 0.3 is 0 Å². The Bertz CT molecular complexity index is 257. The highest BCUT2D eigenvalue weighted by molar-refractivity contribution is 7.71. The minimum Gasteiger partial charge on any atom is -0.398 e. The Morgan fingerprint density at radius 3 is 2.56 bits per heavy atom. The van der Waals surface area contributed by atoms with Crippen LogP contribution in [0.5, 0.6) is 0 Å². The average Bonchev–Trinajstić information content (AvgIpc) is 1.99. The second-order valence-electron chi connectivity index (χ2n) is 1.73. The molecule has 0 unspecified atom stereocenters. The molecule has 2 N–H and O–H groups in total. The van der Waals surface area contributed by atoms with Gasteiger partial charge in [0.05, 0.1) is 4.51 Å². The number of hydrogen-bond acceptors (Lipinski definition) is 2. The molecule has 1 rings (SSSR count). The van der Waals surface area contributed by atoms with Crippen LogP contribution >= 0.6 is 12.2 Å². The lowest BCUT2D eigenvalue weighted by Gasteiger charge is -1.79. The van der Waals surface area contributed by atoms with Crippen LogP contribution in [0.2, 0.25) is 0 Å². The van der Waals surface area contributed by atoms with Crippen molar-refractivity contribution in [3.63, 3.8) is 0 Å². The van der Waals surface area contributed by atoms with Crippen molar-refractivity contribution >= 4 is 17.9 Å². The smallest absolute Gasteiger partial charge is 0.0606 e. The topological polar surface area (TPSA) is 26.0 Å². The normalized spacial score (nSPS) is 8.89. The van der Waals surface area contributed by atoms with E-state index in [4.69, 9.17) is 18.0 Å². The summed E-state index contributed by atoms with van der Waals surface area (Å²) in [7, 11) is 0. The predicted molar refractivity (Wildman–Crippen MR) is 41.7 cm³/mol. The summed E-state index contributed by atoms with van der Waals surface area (Å²) in [6.07, 6.45) is 0. The summed E-state index contributed by atoms with van der Waals surface area (Å²) >= 11 is 4.89. The Hall–Kier alpha value is -0.890. The van der Waals surface area contributed by atoms with Crippen LogP contribution < -0.4 is 5.73 Å². The van der Waals surface area contributed by atoms with Crippen molar-refractivity contribution in [3.8, 4) is 0 Å². The second kappa shape index (κ2) is 2.60. The van der Waals surface area contributed by atoms with E-state index in [1.54, 1.807) is 6.07 Å². The summed E-state index contributed by atoms with van der Waals surface area (Å²) in [5.74, 6) is 0. The maximum atomic E-state index is 5.50. The Morgan fingerprint density at radius 1 is 1.11 bits per heavy atom. The van der Waals surface area contributed by atoms with Crippen LogP contribution in [0.25, 0.3) is 0 Å². The molecule has 1 nitrogen and oxygen atoms in total. The fraction of sp³-hybridized carbons (Fsp3) is 0. The molecule has 0 heterocycles. The second-order valence-corrected chi connectivity index (χ2v) is 2.17. The first-order valence-corrected chi connectivity index (χ1v) is 3.06. The molecule has 0 aliphatic rings. The molecule has 0 saturated heterocycles. The third-order valence-corrected chi connectivity index (χ3v) is 1.40. The fourth-order valence-electron chi connectivity index (χ4n) is 0.545. The largest absolute Gasteiger partial charge is 0.398 e. The molecule has 46 valence electrons. The zero-order chi connectivity index (χ0) is 6.69. The summed E-state index contributed by atoms with van der Waals surface area (Å²) in [6, 6.07) is 9.24. The van der Waals surface area contributed by atoms with Crippen LogP contribution in [0.15, 0.2) is 30.3 Å². The molecule has 0 spiro atoms. The summed E-state index contributed by atoms with van der Waals surface area (Å²) < 4.78 is 0.708. The van der Waals surface area contributed by atoms with Gasteiger partial charge in [-0.2, -0.15) is 0 Å². The summed E-state index contributed by atoms with van der Waals surface area (Å²) in [5.41, 5.74) is 6.16. The lowest BCUT2D eigenvalue weighted by Crippen LogP contribution is -1.79. The Balaban J connectivity index is 3.42. The molecule has 0 saturated carbocycles. The number of hydrogen-bond donors (Lipinski definition) is 1. The number of nitrogens with two attached hydrogens (primary N) is 1. The standard InChI is InChI=1S/C7H7NS/c8-6-4-2-1-3-5-7(6)9/h1-5H,(H2,8,9). The van der Waals surface area contributed by atoms with Gasteiger partial charge in [0.15, 0.2) is 0 Å². The molecule has 0 fully saturated rings. The van der Waals surface area contributed by atoms with E-state index in [2.05, 4.69) is 0 Å². The van der Waals surface area contributed by atoms with Crippen LogP contribution in [0.1, 0.15) is 0 Å². The van der Waals surface area contributed by atoms with Gasteiger partial charge in [0.25, 0.3) is 0 Å². The zero-order valence-corrected chi connectivity index (χ0v) is 5.69. The first-order valence-electron chi connectivity index (χ1n) is 2.65. The molecule has 0 aromatic heterocycles. The molecule has 1 aromatic rings. The first kappa shape index (κ1) is 6.23. The minimum atomic E-state index is 0.662. The van der Waals surface area contributed by atoms with Crippen LogP contribution in [-0.2, 0) is 0 Å². The van der Waals surface area contributed by atoms with Gasteiger partial charge in [0.2, 0.25) is 0 Å². The van der Waals surface area contributed by atoms with Gasteiger partial charge in [-0.15, -0.1) is 0 Å². The van der Waals surface area contributed by atoms with E-state index >= 15 is 0 Å². The van der Waals surface area contributed by atoms with E-state index in [0.717, 1.165) is 0 Å². The van der Waals surface area contributed by atoms with E-state index in [1.807, 2.05) is 24.3 Å². The molecule has 0 bridgehead atoms. The molecule has 0 atom stereocenters. The molecular weight excluding hydrogens is 130 g/mol. The highest BCUT2D eigenvalue weighted by Gasteiger charge is 1.79. The van der Waals surface area contributed by atoms with E-state index in [0.29, 0.717) is 10.2 Å². The SMILES string of the molecule is Nc1cccccc1=S. The van der Waals surface area contributed by atoms with Crippen LogP contribution in [0.4, 0.5) is 5.69 Å². The van der Waals surface area contributed by atoms with Crippen molar-refractivity contribution < 1.29 is 0 Å². The van der Waals surface area contributed by atoms with Gasteiger partial charge < -0.3 is 5.73 Å². The summed E-state index contributed by atoms with van der Waals surface area (Å²) in [4.78, 5) is 0. The van der Waals surface area contributed by atoms with Crippen molar-refractivity contribution in [2.75, 3.05) is 5.73 Å². The molecule has 0 aliphatic heterocycles.